The van der Waals surface area contributed by atoms with Gasteiger partial charge in [-0.1, -0.05) is 0 Å². The van der Waals surface area contributed by atoms with E-state index < -0.39 is 24.0 Å². The van der Waals surface area contributed by atoms with Crippen LogP contribution in [0.5, 0.6) is 0 Å². The number of thiazole rings is 1. The number of carboxylic acids is 1. The summed E-state index contributed by atoms with van der Waals surface area (Å²) in [6.07, 6.45) is -0.700. The Kier molecular flexibility index (Phi) is 2.88. The lowest BCUT2D eigenvalue weighted by atomic mass is 10.2. The van der Waals surface area contributed by atoms with Crippen molar-refractivity contribution in [2.45, 2.75) is 18.6 Å². The quantitative estimate of drug-likeness (QED) is 0.749. The highest BCUT2D eigenvalue weighted by molar-refractivity contribution is 7.07. The normalized spacial score (nSPS) is 24.7. The van der Waals surface area contributed by atoms with Crippen LogP contribution in [0.15, 0.2) is 10.9 Å². The zero-order valence-corrected chi connectivity index (χ0v) is 9.05. The lowest BCUT2D eigenvalue weighted by Gasteiger charge is -2.19. The first-order chi connectivity index (χ1) is 7.59. The molecule has 1 aliphatic heterocycles. The predicted octanol–water partition coefficient (Wildman–Crippen LogP) is -0.197. The van der Waals surface area contributed by atoms with Gasteiger partial charge in [0.25, 0.3) is 5.91 Å². The molecule has 2 heterocycles. The fraction of sp³-hybridized carbons (Fsp3) is 0.444. The number of hydrogen-bond donors (Lipinski definition) is 2. The summed E-state index contributed by atoms with van der Waals surface area (Å²) in [5.41, 5.74) is 1.74. The molecule has 0 bridgehead atoms. The number of hydrogen-bond acceptors (Lipinski definition) is 5. The highest BCUT2D eigenvalue weighted by atomic mass is 32.1. The number of aliphatic hydroxyl groups excluding tert-OH is 1. The Hall–Kier alpha value is -1.47. The van der Waals surface area contributed by atoms with Gasteiger partial charge in [-0.05, 0) is 0 Å². The Bertz CT molecular complexity index is 406. The first-order valence-corrected chi connectivity index (χ1v) is 5.64. The lowest BCUT2D eigenvalue weighted by Crippen LogP contribution is -2.40. The molecule has 0 spiro atoms. The molecule has 1 aromatic rings. The number of carbonyl (C=O) groups excluding carboxylic acids is 1. The monoisotopic (exact) mass is 242 g/mol. The molecule has 6 nitrogen and oxygen atoms in total. The predicted molar refractivity (Wildman–Crippen MR) is 55.2 cm³/mol. The third kappa shape index (κ3) is 1.91. The summed E-state index contributed by atoms with van der Waals surface area (Å²) < 4.78 is 0. The van der Waals surface area contributed by atoms with Gasteiger partial charge in [-0.15, -0.1) is 11.3 Å². The molecule has 0 radical (unpaired) electrons. The van der Waals surface area contributed by atoms with Gasteiger partial charge in [0, 0.05) is 18.3 Å². The molecule has 0 saturated carbocycles. The molecule has 86 valence electrons. The molecule has 1 amide bonds. The molecule has 1 aromatic heterocycles. The van der Waals surface area contributed by atoms with Gasteiger partial charge in [-0.25, -0.2) is 9.78 Å². The minimum atomic E-state index is -1.10. The number of carbonyl (C=O) groups is 2. The van der Waals surface area contributed by atoms with E-state index >= 15 is 0 Å². The van der Waals surface area contributed by atoms with E-state index in [0.717, 1.165) is 4.90 Å². The number of β-amino-alcohol motifs (C(OH)–C–C–N with tert-alkyl or cyclic N) is 1. The van der Waals surface area contributed by atoms with E-state index in [1.165, 1.54) is 16.8 Å². The van der Waals surface area contributed by atoms with Crippen molar-refractivity contribution >= 4 is 23.2 Å². The van der Waals surface area contributed by atoms with Crippen molar-refractivity contribution in [2.24, 2.45) is 0 Å². The molecule has 7 heteroatoms. The number of amides is 1. The van der Waals surface area contributed by atoms with Crippen LogP contribution in [0.1, 0.15) is 16.9 Å². The largest absolute Gasteiger partial charge is 0.480 e. The first kappa shape index (κ1) is 11.0. The standard InChI is InChI=1S/C9H10N2O4S/c12-5-1-7(9(14)15)11(2-5)8(13)6-3-16-4-10-6/h3-5,7,12H,1-2H2,(H,14,15)/t5?,7-/m0/s1. The van der Waals surface area contributed by atoms with Gasteiger partial charge in [0.05, 0.1) is 11.6 Å². The van der Waals surface area contributed by atoms with Gasteiger partial charge in [0.1, 0.15) is 11.7 Å². The molecule has 1 saturated heterocycles. The molecule has 1 unspecified atom stereocenters. The Morgan fingerprint density at radius 3 is 2.88 bits per heavy atom. The Balaban J connectivity index is 2.20. The maximum atomic E-state index is 11.9. The zero-order valence-electron chi connectivity index (χ0n) is 8.24. The van der Waals surface area contributed by atoms with Crippen LogP contribution in [0.25, 0.3) is 0 Å². The molecular formula is C9H10N2O4S. The highest BCUT2D eigenvalue weighted by Crippen LogP contribution is 2.20. The highest BCUT2D eigenvalue weighted by Gasteiger charge is 2.39. The molecule has 2 rings (SSSR count). The number of likely N-dealkylation sites (tertiary alicyclic amines) is 1. The molecule has 0 aliphatic carbocycles. The van der Waals surface area contributed by atoms with Crippen molar-refractivity contribution in [1.82, 2.24) is 9.88 Å². The maximum Gasteiger partial charge on any atom is 0.326 e. The van der Waals surface area contributed by atoms with Gasteiger partial charge in [-0.2, -0.15) is 0 Å². The summed E-state index contributed by atoms with van der Waals surface area (Å²) in [5, 5.41) is 19.9. The summed E-state index contributed by atoms with van der Waals surface area (Å²) in [6.45, 7) is 0.0489. The summed E-state index contributed by atoms with van der Waals surface area (Å²) in [7, 11) is 0. The van der Waals surface area contributed by atoms with E-state index in [-0.39, 0.29) is 18.7 Å². The van der Waals surface area contributed by atoms with Crippen LogP contribution < -0.4 is 0 Å². The molecule has 16 heavy (non-hydrogen) atoms. The second kappa shape index (κ2) is 4.18. The third-order valence-corrected chi connectivity index (χ3v) is 3.06. The fourth-order valence-electron chi connectivity index (χ4n) is 1.74. The second-order valence-electron chi connectivity index (χ2n) is 3.57. The van der Waals surface area contributed by atoms with Crippen LogP contribution in [-0.4, -0.2) is 50.7 Å². The number of carboxylic acid groups (broad SMARTS) is 1. The smallest absolute Gasteiger partial charge is 0.326 e. The summed E-state index contributed by atoms with van der Waals surface area (Å²) in [6, 6.07) is -0.954. The van der Waals surface area contributed by atoms with E-state index in [0.29, 0.717) is 0 Å². The Labute approximate surface area is 95.1 Å². The van der Waals surface area contributed by atoms with Crippen molar-refractivity contribution in [3.8, 4) is 0 Å². The van der Waals surface area contributed by atoms with Crippen LogP contribution in [0.3, 0.4) is 0 Å². The Morgan fingerprint density at radius 1 is 1.56 bits per heavy atom. The summed E-state index contributed by atoms with van der Waals surface area (Å²) in [4.78, 5) is 27.8. The molecular weight excluding hydrogens is 232 g/mol. The van der Waals surface area contributed by atoms with Crippen molar-refractivity contribution < 1.29 is 19.8 Å². The molecule has 1 fully saturated rings. The van der Waals surface area contributed by atoms with Crippen molar-refractivity contribution in [3.05, 3.63) is 16.6 Å². The van der Waals surface area contributed by atoms with E-state index in [1.807, 2.05) is 0 Å². The fourth-order valence-corrected chi connectivity index (χ4v) is 2.26. The molecule has 2 atom stereocenters. The van der Waals surface area contributed by atoms with E-state index in [4.69, 9.17) is 5.11 Å². The maximum absolute atomic E-state index is 11.9. The zero-order chi connectivity index (χ0) is 11.7. The number of aliphatic hydroxyl groups is 1. The number of aliphatic carboxylic acids is 1. The van der Waals surface area contributed by atoms with Crippen molar-refractivity contribution in [1.29, 1.82) is 0 Å². The van der Waals surface area contributed by atoms with Crippen LogP contribution in [0.4, 0.5) is 0 Å². The summed E-state index contributed by atoms with van der Waals surface area (Å²) in [5.74, 6) is -1.54. The number of rotatable bonds is 2. The van der Waals surface area contributed by atoms with Gasteiger partial charge in [0.2, 0.25) is 0 Å². The van der Waals surface area contributed by atoms with Gasteiger partial charge >= 0.3 is 5.97 Å². The third-order valence-electron chi connectivity index (χ3n) is 2.48. The number of aromatic nitrogens is 1. The average molecular weight is 242 g/mol. The molecule has 0 aromatic carbocycles. The van der Waals surface area contributed by atoms with Crippen LogP contribution in [0.2, 0.25) is 0 Å². The minimum Gasteiger partial charge on any atom is -0.480 e. The first-order valence-electron chi connectivity index (χ1n) is 4.69. The topological polar surface area (TPSA) is 90.7 Å². The van der Waals surface area contributed by atoms with E-state index in [9.17, 15) is 14.7 Å². The van der Waals surface area contributed by atoms with Gasteiger partial charge in [-0.3, -0.25) is 4.79 Å². The average Bonchev–Trinajstić information content (AvgIpc) is 2.84. The number of nitrogens with zero attached hydrogens (tertiary/aromatic N) is 2. The summed E-state index contributed by atoms with van der Waals surface area (Å²) >= 11 is 1.27. The van der Waals surface area contributed by atoms with Gasteiger partial charge in [0.15, 0.2) is 0 Å². The van der Waals surface area contributed by atoms with E-state index in [2.05, 4.69) is 4.98 Å². The van der Waals surface area contributed by atoms with Crippen LogP contribution in [-0.2, 0) is 4.79 Å². The minimum absolute atomic E-state index is 0.0489. The van der Waals surface area contributed by atoms with E-state index in [1.54, 1.807) is 5.38 Å². The lowest BCUT2D eigenvalue weighted by molar-refractivity contribution is -0.141. The Morgan fingerprint density at radius 2 is 2.31 bits per heavy atom. The van der Waals surface area contributed by atoms with Gasteiger partial charge < -0.3 is 15.1 Å². The van der Waals surface area contributed by atoms with Crippen molar-refractivity contribution in [3.63, 3.8) is 0 Å². The van der Waals surface area contributed by atoms with Crippen LogP contribution >= 0.6 is 11.3 Å². The molecule has 1 aliphatic rings. The SMILES string of the molecule is O=C(O)[C@@H]1CC(O)CN1C(=O)c1cscn1. The molecule has 2 N–H and O–H groups in total. The second-order valence-corrected chi connectivity index (χ2v) is 4.29. The van der Waals surface area contributed by atoms with Crippen molar-refractivity contribution in [2.75, 3.05) is 6.54 Å². The van der Waals surface area contributed by atoms with Crippen LogP contribution in [0, 0.1) is 0 Å².